The van der Waals surface area contributed by atoms with Crippen molar-refractivity contribution in [1.82, 2.24) is 10.5 Å². The zero-order valence-electron chi connectivity index (χ0n) is 10.7. The van der Waals surface area contributed by atoms with Crippen LogP contribution in [0.25, 0.3) is 0 Å². The molecular weight excluding hydrogens is 234 g/mol. The van der Waals surface area contributed by atoms with Crippen molar-refractivity contribution in [2.45, 2.75) is 26.3 Å². The predicted octanol–water partition coefficient (Wildman–Crippen LogP) is 0.936. The van der Waals surface area contributed by atoms with Crippen LogP contribution in [0.4, 0.5) is 5.88 Å². The van der Waals surface area contributed by atoms with Crippen LogP contribution in [0.1, 0.15) is 19.0 Å². The largest absolute Gasteiger partial charge is 0.379 e. The van der Waals surface area contributed by atoms with Crippen LogP contribution in [-0.2, 0) is 9.53 Å². The molecule has 1 aliphatic heterocycles. The predicted molar refractivity (Wildman–Crippen MR) is 66.3 cm³/mol. The normalized spacial score (nSPS) is 23.2. The topological polar surface area (TPSA) is 76.4 Å². The molecule has 6 heteroatoms. The van der Waals surface area contributed by atoms with Crippen LogP contribution in [0, 0.1) is 12.8 Å². The van der Waals surface area contributed by atoms with Gasteiger partial charge in [-0.15, -0.1) is 0 Å². The summed E-state index contributed by atoms with van der Waals surface area (Å²) in [6.07, 6.45) is 1.03. The second-order valence-electron chi connectivity index (χ2n) is 4.53. The lowest BCUT2D eigenvalue weighted by molar-refractivity contribution is -0.120. The van der Waals surface area contributed by atoms with Crippen molar-refractivity contribution in [3.63, 3.8) is 0 Å². The van der Waals surface area contributed by atoms with Gasteiger partial charge in [0.05, 0.1) is 24.8 Å². The highest BCUT2D eigenvalue weighted by atomic mass is 16.5. The number of carbonyl (C=O) groups is 1. The smallest absolute Gasteiger partial charge is 0.233 e. The number of ether oxygens (including phenoxy) is 1. The Morgan fingerprint density at radius 3 is 3.06 bits per heavy atom. The van der Waals surface area contributed by atoms with Gasteiger partial charge in [0.15, 0.2) is 0 Å². The molecule has 2 N–H and O–H groups in total. The average Bonchev–Trinajstić information content (AvgIpc) is 2.95. The zero-order chi connectivity index (χ0) is 13.0. The maximum absolute atomic E-state index is 12.1. The van der Waals surface area contributed by atoms with Gasteiger partial charge in [0.25, 0.3) is 0 Å². The summed E-state index contributed by atoms with van der Waals surface area (Å²) in [6, 6.07) is 1.77. The lowest BCUT2D eigenvalue weighted by atomic mass is 10.0. The lowest BCUT2D eigenvalue weighted by Gasteiger charge is -2.17. The van der Waals surface area contributed by atoms with Gasteiger partial charge in [0.1, 0.15) is 0 Å². The molecule has 2 heterocycles. The van der Waals surface area contributed by atoms with Crippen LogP contribution < -0.4 is 10.6 Å². The second-order valence-corrected chi connectivity index (χ2v) is 4.53. The molecule has 0 radical (unpaired) electrons. The van der Waals surface area contributed by atoms with Crippen LogP contribution in [0.5, 0.6) is 0 Å². The van der Waals surface area contributed by atoms with Gasteiger partial charge in [0.2, 0.25) is 11.8 Å². The fourth-order valence-corrected chi connectivity index (χ4v) is 1.98. The Bertz CT molecular complexity index is 405. The van der Waals surface area contributed by atoms with Gasteiger partial charge in [-0.05, 0) is 19.9 Å². The monoisotopic (exact) mass is 253 g/mol. The molecule has 100 valence electrons. The summed E-state index contributed by atoms with van der Waals surface area (Å²) in [7, 11) is 0. The number of hydrogen-bond acceptors (Lipinski definition) is 5. The molecular formula is C12H19N3O3. The third-order valence-electron chi connectivity index (χ3n) is 2.95. The molecule has 1 fully saturated rings. The zero-order valence-corrected chi connectivity index (χ0v) is 10.7. The summed E-state index contributed by atoms with van der Waals surface area (Å²) >= 11 is 0. The van der Waals surface area contributed by atoms with Gasteiger partial charge in [0, 0.05) is 12.1 Å². The molecule has 0 spiro atoms. The van der Waals surface area contributed by atoms with E-state index in [1.165, 1.54) is 0 Å². The highest BCUT2D eigenvalue weighted by Gasteiger charge is 2.33. The number of carbonyl (C=O) groups excluding carboxylic acids is 1. The van der Waals surface area contributed by atoms with Gasteiger partial charge < -0.3 is 14.6 Å². The van der Waals surface area contributed by atoms with E-state index in [4.69, 9.17) is 9.26 Å². The van der Waals surface area contributed by atoms with Gasteiger partial charge >= 0.3 is 0 Å². The van der Waals surface area contributed by atoms with Crippen LogP contribution in [0.15, 0.2) is 10.6 Å². The second kappa shape index (κ2) is 5.97. The lowest BCUT2D eigenvalue weighted by Crippen LogP contribution is -2.41. The Kier molecular flexibility index (Phi) is 4.33. The molecule has 2 rings (SSSR count). The van der Waals surface area contributed by atoms with Crippen molar-refractivity contribution < 1.29 is 14.1 Å². The number of aryl methyl sites for hydroxylation is 1. The first-order valence-corrected chi connectivity index (χ1v) is 6.26. The highest BCUT2D eigenvalue weighted by Crippen LogP contribution is 2.17. The van der Waals surface area contributed by atoms with E-state index in [2.05, 4.69) is 22.7 Å². The van der Waals surface area contributed by atoms with Gasteiger partial charge in [-0.2, -0.15) is 0 Å². The van der Waals surface area contributed by atoms with E-state index in [-0.39, 0.29) is 17.9 Å². The molecule has 0 bridgehead atoms. The van der Waals surface area contributed by atoms with Gasteiger partial charge in [-0.25, -0.2) is 0 Å². The molecule has 6 nitrogen and oxygen atoms in total. The summed E-state index contributed by atoms with van der Waals surface area (Å²) in [5.74, 6) is 0.123. The number of amides is 1. The van der Waals surface area contributed by atoms with E-state index in [0.29, 0.717) is 19.1 Å². The molecule has 1 aromatic rings. The SMILES string of the molecule is CCCNC1COCC1C(=O)Nc1cc(C)no1. The van der Waals surface area contributed by atoms with E-state index in [1.807, 2.05) is 6.92 Å². The minimum atomic E-state index is -0.179. The number of nitrogens with zero attached hydrogens (tertiary/aromatic N) is 1. The maximum atomic E-state index is 12.1. The van der Waals surface area contributed by atoms with Crippen LogP contribution in [0.2, 0.25) is 0 Å². The summed E-state index contributed by atoms with van der Waals surface area (Å²) in [6.45, 7) is 5.81. The van der Waals surface area contributed by atoms with E-state index < -0.39 is 0 Å². The van der Waals surface area contributed by atoms with Crippen LogP contribution in [-0.4, -0.2) is 36.9 Å². The third kappa shape index (κ3) is 3.08. The summed E-state index contributed by atoms with van der Waals surface area (Å²) in [5.41, 5.74) is 0.744. The molecule has 2 atom stereocenters. The summed E-state index contributed by atoms with van der Waals surface area (Å²) in [5, 5.41) is 9.77. The quantitative estimate of drug-likeness (QED) is 0.816. The van der Waals surface area contributed by atoms with Crippen molar-refractivity contribution in [3.8, 4) is 0 Å². The van der Waals surface area contributed by atoms with Crippen molar-refractivity contribution in [1.29, 1.82) is 0 Å². The van der Waals surface area contributed by atoms with E-state index in [9.17, 15) is 4.79 Å². The molecule has 1 saturated heterocycles. The Balaban J connectivity index is 1.91. The number of aromatic nitrogens is 1. The molecule has 0 aliphatic carbocycles. The Morgan fingerprint density at radius 2 is 2.39 bits per heavy atom. The Morgan fingerprint density at radius 1 is 1.56 bits per heavy atom. The fraction of sp³-hybridized carbons (Fsp3) is 0.667. The van der Waals surface area contributed by atoms with E-state index >= 15 is 0 Å². The first kappa shape index (κ1) is 13.0. The molecule has 2 unspecified atom stereocenters. The first-order valence-electron chi connectivity index (χ1n) is 6.26. The molecule has 1 aromatic heterocycles. The molecule has 1 amide bonds. The minimum Gasteiger partial charge on any atom is -0.379 e. The third-order valence-corrected chi connectivity index (χ3v) is 2.95. The van der Waals surface area contributed by atoms with Crippen molar-refractivity contribution in [2.75, 3.05) is 25.1 Å². The molecule has 18 heavy (non-hydrogen) atoms. The van der Waals surface area contributed by atoms with Gasteiger partial charge in [-0.3, -0.25) is 10.1 Å². The van der Waals surface area contributed by atoms with Gasteiger partial charge in [-0.1, -0.05) is 12.1 Å². The van der Waals surface area contributed by atoms with E-state index in [0.717, 1.165) is 18.7 Å². The van der Waals surface area contributed by atoms with Crippen LogP contribution >= 0.6 is 0 Å². The highest BCUT2D eigenvalue weighted by molar-refractivity contribution is 5.92. The maximum Gasteiger partial charge on any atom is 0.233 e. The number of anilines is 1. The summed E-state index contributed by atoms with van der Waals surface area (Å²) in [4.78, 5) is 12.1. The summed E-state index contributed by atoms with van der Waals surface area (Å²) < 4.78 is 10.3. The number of rotatable bonds is 5. The van der Waals surface area contributed by atoms with Crippen LogP contribution in [0.3, 0.4) is 0 Å². The van der Waals surface area contributed by atoms with Crippen molar-refractivity contribution in [2.24, 2.45) is 5.92 Å². The molecule has 0 aromatic carbocycles. The standard InChI is InChI=1S/C12H19N3O3/c1-3-4-13-10-7-17-6-9(10)12(16)14-11-5-8(2)15-18-11/h5,9-10,13H,3-4,6-7H2,1-2H3,(H,14,16). The Hall–Kier alpha value is -1.40. The molecule has 0 saturated carbocycles. The molecule has 1 aliphatic rings. The number of hydrogen-bond donors (Lipinski definition) is 2. The first-order chi connectivity index (χ1) is 8.70. The number of nitrogens with one attached hydrogen (secondary N) is 2. The Labute approximate surface area is 106 Å². The minimum absolute atomic E-state index is 0.0777. The van der Waals surface area contributed by atoms with Crippen molar-refractivity contribution >= 4 is 11.8 Å². The van der Waals surface area contributed by atoms with Crippen molar-refractivity contribution in [3.05, 3.63) is 11.8 Å². The van der Waals surface area contributed by atoms with E-state index in [1.54, 1.807) is 6.07 Å². The average molecular weight is 253 g/mol. The fourth-order valence-electron chi connectivity index (χ4n) is 1.98.